The number of benzene rings is 2. The molecule has 1 aliphatic rings. The fourth-order valence-corrected chi connectivity index (χ4v) is 3.52. The molecule has 0 saturated heterocycles. The molecule has 0 radical (unpaired) electrons. The second kappa shape index (κ2) is 10.0. The van der Waals surface area contributed by atoms with Crippen LogP contribution in [0.2, 0.25) is 0 Å². The van der Waals surface area contributed by atoms with E-state index in [2.05, 4.69) is 10.0 Å². The second-order valence-corrected chi connectivity index (χ2v) is 7.85. The average molecular weight is 452 g/mol. The number of carbonyl (C=O) groups is 1. The van der Waals surface area contributed by atoms with Crippen molar-refractivity contribution in [1.82, 2.24) is 10.2 Å². The monoisotopic (exact) mass is 451 g/mol. The van der Waals surface area contributed by atoms with Crippen LogP contribution in [0.5, 0.6) is 11.5 Å². The van der Waals surface area contributed by atoms with E-state index < -0.39 is 5.82 Å². The topological polar surface area (TPSA) is 101 Å². The molecule has 1 amide bonds. The Kier molecular flexibility index (Phi) is 7.18. The number of halogens is 1. The van der Waals surface area contributed by atoms with Crippen LogP contribution in [-0.4, -0.2) is 36.4 Å². The Hall–Kier alpha value is -3.77. The minimum Gasteiger partial charge on any atom is -0.455 e. The van der Waals surface area contributed by atoms with Crippen molar-refractivity contribution in [3.05, 3.63) is 71.3 Å². The van der Waals surface area contributed by atoms with E-state index in [0.717, 1.165) is 17.5 Å². The van der Waals surface area contributed by atoms with Crippen LogP contribution in [0.25, 0.3) is 5.57 Å². The molecule has 7 nitrogen and oxygen atoms in total. The summed E-state index contributed by atoms with van der Waals surface area (Å²) in [5.74, 6) is 0.556. The number of likely N-dealkylation sites (N-methyl/N-ethyl adjacent to an activating group) is 1. The first-order chi connectivity index (χ1) is 15.4. The van der Waals surface area contributed by atoms with Crippen LogP contribution in [0.4, 0.5) is 10.1 Å². The lowest BCUT2D eigenvalue weighted by molar-refractivity contribution is -0.123. The van der Waals surface area contributed by atoms with Crippen LogP contribution in [0.3, 0.4) is 0 Å². The van der Waals surface area contributed by atoms with Gasteiger partial charge in [-0.3, -0.25) is 10.2 Å². The molecule has 1 aliphatic heterocycles. The van der Waals surface area contributed by atoms with E-state index in [1.165, 1.54) is 35.2 Å². The van der Waals surface area contributed by atoms with Crippen LogP contribution in [0, 0.1) is 22.6 Å². The molecule has 3 rings (SSSR count). The summed E-state index contributed by atoms with van der Waals surface area (Å²) >= 11 is 1.51. The van der Waals surface area contributed by atoms with Crippen molar-refractivity contribution < 1.29 is 13.9 Å². The zero-order valence-electron chi connectivity index (χ0n) is 17.8. The first-order valence-electron chi connectivity index (χ1n) is 9.75. The number of nitriles is 1. The fraction of sp³-hybridized carbons (Fsp3) is 0.174. The van der Waals surface area contributed by atoms with Gasteiger partial charge in [-0.2, -0.15) is 5.26 Å². The van der Waals surface area contributed by atoms with Gasteiger partial charge >= 0.3 is 0 Å². The highest BCUT2D eigenvalue weighted by molar-refractivity contribution is 8.00. The second-order valence-electron chi connectivity index (χ2n) is 6.78. The highest BCUT2D eigenvalue weighted by Crippen LogP contribution is 2.37. The lowest BCUT2D eigenvalue weighted by Crippen LogP contribution is -2.33. The van der Waals surface area contributed by atoms with Gasteiger partial charge in [0.1, 0.15) is 23.4 Å². The molecule has 0 aromatic heterocycles. The molecule has 0 fully saturated rings. The molecule has 3 N–H and O–H groups in total. The molecule has 2 aromatic carbocycles. The zero-order chi connectivity index (χ0) is 23.3. The van der Waals surface area contributed by atoms with Gasteiger partial charge in [-0.1, -0.05) is 18.9 Å². The molecule has 0 saturated carbocycles. The van der Waals surface area contributed by atoms with Crippen molar-refractivity contribution in [3.8, 4) is 17.6 Å². The van der Waals surface area contributed by atoms with Gasteiger partial charge in [-0.15, -0.1) is 0 Å². The van der Waals surface area contributed by atoms with Crippen LogP contribution in [0.1, 0.15) is 18.1 Å². The number of amides is 1. The quantitative estimate of drug-likeness (QED) is 0.423. The summed E-state index contributed by atoms with van der Waals surface area (Å²) in [4.78, 5) is 13.9. The molecular formula is C23H22FN5O2S. The van der Waals surface area contributed by atoms with Crippen molar-refractivity contribution in [1.29, 1.82) is 10.7 Å². The molecule has 164 valence electrons. The predicted octanol–water partition coefficient (Wildman–Crippen LogP) is 4.51. The Labute approximate surface area is 190 Å². The van der Waals surface area contributed by atoms with E-state index >= 15 is 0 Å². The van der Waals surface area contributed by atoms with Gasteiger partial charge in [0, 0.05) is 49.1 Å². The first kappa shape index (κ1) is 22.9. The molecule has 0 unspecified atom stereocenters. The number of anilines is 1. The first-order valence-corrected chi connectivity index (χ1v) is 10.7. The molecule has 32 heavy (non-hydrogen) atoms. The van der Waals surface area contributed by atoms with E-state index in [1.807, 2.05) is 25.1 Å². The van der Waals surface area contributed by atoms with Crippen molar-refractivity contribution in [3.63, 3.8) is 0 Å². The smallest absolute Gasteiger partial charge is 0.261 e. The Morgan fingerprint density at radius 3 is 2.72 bits per heavy atom. The van der Waals surface area contributed by atoms with Crippen molar-refractivity contribution in [2.75, 3.05) is 24.6 Å². The predicted molar refractivity (Wildman–Crippen MR) is 125 cm³/mol. The van der Waals surface area contributed by atoms with Crippen molar-refractivity contribution in [2.45, 2.75) is 6.92 Å². The van der Waals surface area contributed by atoms with Gasteiger partial charge in [0.15, 0.2) is 0 Å². The maximum atomic E-state index is 13.6. The summed E-state index contributed by atoms with van der Waals surface area (Å²) in [6.07, 6.45) is 3.06. The zero-order valence-corrected chi connectivity index (χ0v) is 18.6. The summed E-state index contributed by atoms with van der Waals surface area (Å²) in [5, 5.41) is 20.8. The Balaban J connectivity index is 2.13. The highest BCUT2D eigenvalue weighted by Gasteiger charge is 2.29. The summed E-state index contributed by atoms with van der Waals surface area (Å²) < 4.78 is 22.8. The molecule has 2 aromatic rings. The largest absolute Gasteiger partial charge is 0.455 e. The average Bonchev–Trinajstić information content (AvgIpc) is 2.79. The molecular weight excluding hydrogens is 429 g/mol. The fourth-order valence-electron chi connectivity index (χ4n) is 3.09. The van der Waals surface area contributed by atoms with Gasteiger partial charge in [-0.05, 0) is 36.4 Å². The maximum Gasteiger partial charge on any atom is 0.261 e. The molecule has 0 aliphatic carbocycles. The number of nitrogens with one attached hydrogen (secondary N) is 3. The normalized spacial score (nSPS) is 14.8. The lowest BCUT2D eigenvalue weighted by Gasteiger charge is -2.26. The summed E-state index contributed by atoms with van der Waals surface area (Å²) in [6.45, 7) is 2.02. The molecule has 0 atom stereocenters. The molecule has 1 heterocycles. The van der Waals surface area contributed by atoms with Gasteiger partial charge in [-0.25, -0.2) is 4.39 Å². The van der Waals surface area contributed by atoms with Crippen molar-refractivity contribution in [2.24, 2.45) is 0 Å². The molecule has 0 spiro atoms. The number of hydrogen-bond acceptors (Lipinski definition) is 7. The summed E-state index contributed by atoms with van der Waals surface area (Å²) in [7, 11) is 3.27. The number of hydrogen-bond donors (Lipinski definition) is 3. The third-order valence-corrected chi connectivity index (χ3v) is 5.26. The number of carbonyl (C=O) groups excluding carboxylic acids is 1. The Bertz CT molecular complexity index is 1170. The SMILES string of the molecule is CCSNc1ccc(Oc2ccc(F)cc2C#N)c(C2=CN(C)C(=O)/C(=C/NC)C2=N)c1. The summed E-state index contributed by atoms with van der Waals surface area (Å²) in [6, 6.07) is 11.0. The molecule has 0 bridgehead atoms. The van der Waals surface area contributed by atoms with Crippen LogP contribution >= 0.6 is 11.9 Å². The van der Waals surface area contributed by atoms with Gasteiger partial charge < -0.3 is 19.7 Å². The maximum absolute atomic E-state index is 13.6. The third kappa shape index (κ3) is 4.76. The number of ether oxygens (including phenoxy) is 1. The van der Waals surface area contributed by atoms with Gasteiger partial charge in [0.2, 0.25) is 0 Å². The van der Waals surface area contributed by atoms with Crippen molar-refractivity contribution >= 4 is 34.8 Å². The summed E-state index contributed by atoms with van der Waals surface area (Å²) in [5.41, 5.74) is 2.09. The van der Waals surface area contributed by atoms with Crippen LogP contribution in [-0.2, 0) is 4.79 Å². The van der Waals surface area contributed by atoms with E-state index in [4.69, 9.17) is 10.1 Å². The number of allylic oxidation sites excluding steroid dienone is 1. The van der Waals surface area contributed by atoms with Crippen LogP contribution < -0.4 is 14.8 Å². The van der Waals surface area contributed by atoms with E-state index in [1.54, 1.807) is 26.4 Å². The van der Waals surface area contributed by atoms with Crippen LogP contribution in [0.15, 0.2) is 54.4 Å². The standard InChI is InChI=1S/C23H22FN5O2S/c1-4-32-28-16-6-8-21(31-20-7-5-15(24)9-14(20)11-25)17(10-16)19-13-29(3)23(30)18(12-27-2)22(19)26/h5-10,12-13,26-28H,4H2,1-3H3/b18-12+,26-22?. The van der Waals surface area contributed by atoms with E-state index in [-0.39, 0.29) is 28.5 Å². The van der Waals surface area contributed by atoms with E-state index in [0.29, 0.717) is 16.9 Å². The van der Waals surface area contributed by atoms with E-state index in [9.17, 15) is 14.4 Å². The molecule has 9 heteroatoms. The Morgan fingerprint density at radius 1 is 1.28 bits per heavy atom. The van der Waals surface area contributed by atoms with Gasteiger partial charge in [0.25, 0.3) is 5.91 Å². The van der Waals surface area contributed by atoms with Gasteiger partial charge in [0.05, 0.1) is 16.8 Å². The third-order valence-electron chi connectivity index (χ3n) is 4.59. The number of nitrogens with zero attached hydrogens (tertiary/aromatic N) is 2. The highest BCUT2D eigenvalue weighted by atomic mass is 32.2. The minimum atomic E-state index is -0.538. The lowest BCUT2D eigenvalue weighted by atomic mass is 9.92. The minimum absolute atomic E-state index is 0.0345. The number of rotatable bonds is 7. The Morgan fingerprint density at radius 2 is 2.03 bits per heavy atom.